The zero-order valence-corrected chi connectivity index (χ0v) is 29.8. The van der Waals surface area contributed by atoms with Gasteiger partial charge in [0.2, 0.25) is 5.96 Å². The van der Waals surface area contributed by atoms with Crippen molar-refractivity contribution in [3.05, 3.63) is 81.9 Å². The van der Waals surface area contributed by atoms with Crippen LogP contribution in [0, 0.1) is 20.8 Å². The second kappa shape index (κ2) is 14.5. The molecule has 12 heteroatoms. The van der Waals surface area contributed by atoms with Gasteiger partial charge in [-0.25, -0.2) is 17.9 Å². The molecule has 1 amide bonds. The van der Waals surface area contributed by atoms with Gasteiger partial charge in [0.15, 0.2) is 0 Å². The number of hydrogen-bond acceptors (Lipinski definition) is 8. The van der Waals surface area contributed by atoms with E-state index in [-0.39, 0.29) is 41.9 Å². The average molecular weight is 691 g/mol. The number of guanidine groups is 1. The minimum absolute atomic E-state index is 0.0658. The van der Waals surface area contributed by atoms with Crippen molar-refractivity contribution in [3.8, 4) is 16.9 Å². The molecule has 0 saturated carbocycles. The van der Waals surface area contributed by atoms with Crippen LogP contribution in [0.3, 0.4) is 0 Å². The van der Waals surface area contributed by atoms with E-state index in [9.17, 15) is 18.0 Å². The maximum absolute atomic E-state index is 13.5. The summed E-state index contributed by atoms with van der Waals surface area (Å²) in [5.41, 5.74) is 13.1. The summed E-state index contributed by atoms with van der Waals surface area (Å²) >= 11 is 0. The van der Waals surface area contributed by atoms with E-state index < -0.39 is 28.1 Å². The Bertz CT molecular complexity index is 1840. The van der Waals surface area contributed by atoms with Crippen LogP contribution in [-0.4, -0.2) is 58.3 Å². The van der Waals surface area contributed by atoms with E-state index in [4.69, 9.17) is 19.9 Å². The maximum Gasteiger partial charge on any atom is 0.407 e. The van der Waals surface area contributed by atoms with Gasteiger partial charge in [-0.1, -0.05) is 48.5 Å². The first-order valence-corrected chi connectivity index (χ1v) is 18.0. The summed E-state index contributed by atoms with van der Waals surface area (Å²) in [5.74, 6) is -0.0862. The Kier molecular flexibility index (Phi) is 10.6. The molecule has 0 bridgehead atoms. The van der Waals surface area contributed by atoms with Crippen LogP contribution in [0.5, 0.6) is 5.75 Å². The van der Waals surface area contributed by atoms with Crippen LogP contribution in [0.2, 0.25) is 0 Å². The first-order chi connectivity index (χ1) is 23.2. The van der Waals surface area contributed by atoms with Crippen molar-refractivity contribution in [2.24, 2.45) is 10.7 Å². The number of aliphatic imine (C=N–C) groups is 1. The number of fused-ring (bicyclic) bond motifs is 4. The number of sulfonamides is 1. The van der Waals surface area contributed by atoms with Gasteiger partial charge in [0, 0.05) is 18.5 Å². The molecule has 3 aromatic rings. The van der Waals surface area contributed by atoms with E-state index >= 15 is 0 Å². The van der Waals surface area contributed by atoms with E-state index in [1.807, 2.05) is 57.2 Å². The number of carbonyl (C=O) groups excluding carboxylic acids is 2. The largest absolute Gasteiger partial charge is 0.487 e. The molecule has 1 atom stereocenters. The van der Waals surface area contributed by atoms with Crippen LogP contribution in [-0.2, 0) is 30.7 Å². The molecule has 262 valence electrons. The second-order valence-electron chi connectivity index (χ2n) is 13.3. The number of amides is 1. The van der Waals surface area contributed by atoms with Crippen LogP contribution >= 0.6 is 0 Å². The number of alkyl carbamates (subject to hydrolysis) is 1. The number of nitrogens with one attached hydrogen (secondary N) is 2. The Morgan fingerprint density at radius 3 is 2.29 bits per heavy atom. The molecular formula is C37H46N4O7S. The third-order valence-corrected chi connectivity index (χ3v) is 11.1. The molecule has 0 unspecified atom stereocenters. The number of carbonyl (C=O) groups is 2. The lowest BCUT2D eigenvalue weighted by molar-refractivity contribution is -0.141. The highest BCUT2D eigenvalue weighted by molar-refractivity contribution is 7.90. The van der Waals surface area contributed by atoms with Gasteiger partial charge in [0.1, 0.15) is 18.0 Å². The average Bonchev–Trinajstić information content (AvgIpc) is 3.37. The van der Waals surface area contributed by atoms with Crippen molar-refractivity contribution in [1.82, 2.24) is 10.0 Å². The van der Waals surface area contributed by atoms with Crippen molar-refractivity contribution in [2.75, 3.05) is 20.3 Å². The summed E-state index contributed by atoms with van der Waals surface area (Å²) in [7, 11) is -2.76. The monoisotopic (exact) mass is 690 g/mol. The van der Waals surface area contributed by atoms with Crippen LogP contribution in [0.15, 0.2) is 58.4 Å². The van der Waals surface area contributed by atoms with E-state index in [0.717, 1.165) is 45.6 Å². The molecule has 5 rings (SSSR count). The number of benzene rings is 3. The standard InChI is InChI=1S/C37H46N4O7S/c1-22-23(2)34(24(3)26-17-18-37(4,5)48-33(22)26)49(44,45)41-35(38)39-19-11-12-25(20-32(42)46-6)40-36(43)47-21-31-29-15-9-7-13-27(29)28-14-8-10-16-30(28)31/h7-10,13-16,25,31H,11-12,17-21H2,1-6H3,(H,40,43)(H3,38,39,41)/t25-/m0/s1. The molecule has 0 saturated heterocycles. The first kappa shape index (κ1) is 35.7. The first-order valence-electron chi connectivity index (χ1n) is 16.5. The number of nitrogens with zero attached hydrogens (tertiary/aromatic N) is 1. The Hall–Kier alpha value is -4.58. The van der Waals surface area contributed by atoms with Crippen molar-refractivity contribution in [1.29, 1.82) is 0 Å². The van der Waals surface area contributed by atoms with Crippen molar-refractivity contribution in [2.45, 2.75) is 89.2 Å². The summed E-state index contributed by atoms with van der Waals surface area (Å²) in [6.45, 7) is 9.77. The minimum atomic E-state index is -4.04. The minimum Gasteiger partial charge on any atom is -0.487 e. The van der Waals surface area contributed by atoms with Crippen molar-refractivity contribution in [3.63, 3.8) is 0 Å². The Morgan fingerprint density at radius 2 is 1.65 bits per heavy atom. The topological polar surface area (TPSA) is 158 Å². The molecule has 11 nitrogen and oxygen atoms in total. The summed E-state index contributed by atoms with van der Waals surface area (Å²) < 4.78 is 46.2. The lowest BCUT2D eigenvalue weighted by Crippen LogP contribution is -2.39. The van der Waals surface area contributed by atoms with Gasteiger partial charge in [-0.15, -0.1) is 0 Å². The van der Waals surface area contributed by atoms with Gasteiger partial charge in [-0.05, 0) is 105 Å². The Balaban J connectivity index is 1.18. The number of nitrogens with two attached hydrogens (primary N) is 1. The highest BCUT2D eigenvalue weighted by Gasteiger charge is 2.34. The van der Waals surface area contributed by atoms with Gasteiger partial charge < -0.3 is 25.3 Å². The fraction of sp³-hybridized carbons (Fsp3) is 0.432. The zero-order valence-electron chi connectivity index (χ0n) is 29.0. The molecule has 1 aliphatic heterocycles. The van der Waals surface area contributed by atoms with E-state index in [1.54, 1.807) is 13.8 Å². The predicted molar refractivity (Wildman–Crippen MR) is 188 cm³/mol. The van der Waals surface area contributed by atoms with Gasteiger partial charge >= 0.3 is 12.1 Å². The molecule has 2 aliphatic rings. The molecule has 0 fully saturated rings. The Morgan fingerprint density at radius 1 is 1.02 bits per heavy atom. The number of methoxy groups -OCH3 is 1. The van der Waals surface area contributed by atoms with Gasteiger partial charge in [-0.3, -0.25) is 9.79 Å². The van der Waals surface area contributed by atoms with E-state index in [2.05, 4.69) is 27.2 Å². The molecule has 1 heterocycles. The molecule has 49 heavy (non-hydrogen) atoms. The van der Waals surface area contributed by atoms with E-state index in [0.29, 0.717) is 30.4 Å². The lowest BCUT2D eigenvalue weighted by atomic mass is 9.88. The third-order valence-electron chi connectivity index (χ3n) is 9.47. The van der Waals surface area contributed by atoms with Crippen LogP contribution in [0.1, 0.15) is 78.8 Å². The van der Waals surface area contributed by atoms with Crippen molar-refractivity contribution >= 4 is 28.0 Å². The molecule has 1 aliphatic carbocycles. The number of esters is 1. The predicted octanol–water partition coefficient (Wildman–Crippen LogP) is 5.56. The van der Waals surface area contributed by atoms with E-state index in [1.165, 1.54) is 7.11 Å². The SMILES string of the molecule is COC(=O)C[C@H](CCCN=C(N)NS(=O)(=O)c1c(C)c(C)c2c(c1C)CCC(C)(C)O2)NC(=O)OCC1c2ccccc2-c2ccccc21. The van der Waals surface area contributed by atoms with Crippen LogP contribution in [0.4, 0.5) is 4.79 Å². The molecule has 3 aromatic carbocycles. The highest BCUT2D eigenvalue weighted by atomic mass is 32.2. The van der Waals surface area contributed by atoms with Gasteiger partial charge in [-0.2, -0.15) is 0 Å². The summed E-state index contributed by atoms with van der Waals surface area (Å²) in [6.07, 6.45) is 1.51. The third kappa shape index (κ3) is 7.85. The number of ether oxygens (including phenoxy) is 3. The highest BCUT2D eigenvalue weighted by Crippen LogP contribution is 2.45. The van der Waals surface area contributed by atoms with Crippen molar-refractivity contribution < 1.29 is 32.2 Å². The number of hydrogen-bond donors (Lipinski definition) is 3. The maximum atomic E-state index is 13.5. The van der Waals surface area contributed by atoms with Crippen LogP contribution in [0.25, 0.3) is 11.1 Å². The molecular weight excluding hydrogens is 644 g/mol. The van der Waals surface area contributed by atoms with Gasteiger partial charge in [0.25, 0.3) is 10.0 Å². The smallest absolute Gasteiger partial charge is 0.407 e. The lowest BCUT2D eigenvalue weighted by Gasteiger charge is -2.35. The quantitative estimate of drug-likeness (QED) is 0.102. The van der Waals surface area contributed by atoms with Gasteiger partial charge in [0.05, 0.1) is 18.4 Å². The molecule has 0 radical (unpaired) electrons. The molecule has 0 aromatic heterocycles. The number of rotatable bonds is 11. The second-order valence-corrected chi connectivity index (χ2v) is 15.0. The summed E-state index contributed by atoms with van der Waals surface area (Å²) in [5, 5.41) is 2.79. The molecule has 0 spiro atoms. The van der Waals surface area contributed by atoms with Crippen LogP contribution < -0.4 is 20.5 Å². The molecule has 4 N–H and O–H groups in total. The normalized spacial score (nSPS) is 15.7. The fourth-order valence-corrected chi connectivity index (χ4v) is 8.35. The summed E-state index contributed by atoms with van der Waals surface area (Å²) in [6, 6.07) is 15.5. The Labute approximate surface area is 288 Å². The zero-order chi connectivity index (χ0) is 35.5. The fourth-order valence-electron chi connectivity index (χ4n) is 6.83. The summed E-state index contributed by atoms with van der Waals surface area (Å²) in [4.78, 5) is 29.5.